The first-order chi connectivity index (χ1) is 13.0. The maximum Gasteiger partial charge on any atom is 0.327 e. The Morgan fingerprint density at radius 1 is 1.19 bits per heavy atom. The van der Waals surface area contributed by atoms with Gasteiger partial charge >= 0.3 is 6.03 Å². The molecule has 1 unspecified atom stereocenters. The molecule has 2 fully saturated rings. The third-order valence-electron chi connectivity index (χ3n) is 5.64. The monoisotopic (exact) mass is 376 g/mol. The average molecular weight is 376 g/mol. The molecule has 3 amide bonds. The fourth-order valence-electron chi connectivity index (χ4n) is 4.08. The third kappa shape index (κ3) is 3.80. The molecule has 1 saturated heterocycles. The molecule has 1 saturated carbocycles. The van der Waals surface area contributed by atoms with Crippen LogP contribution in [0.3, 0.4) is 0 Å². The number of hydrogen-bond donors (Lipinski definition) is 1. The summed E-state index contributed by atoms with van der Waals surface area (Å²) in [6.07, 6.45) is 3.45. The predicted molar refractivity (Wildman–Crippen MR) is 99.3 cm³/mol. The van der Waals surface area contributed by atoms with Crippen molar-refractivity contribution < 1.29 is 24.2 Å². The number of imide groups is 1. The zero-order chi connectivity index (χ0) is 19.4. The fraction of sp³-hybridized carbons (Fsp3) is 0.600. The Kier molecular flexibility index (Phi) is 6.01. The molecule has 148 valence electrons. The van der Waals surface area contributed by atoms with Gasteiger partial charge in [-0.05, 0) is 18.9 Å². The number of benzene rings is 1. The Morgan fingerprint density at radius 2 is 1.89 bits per heavy atom. The molecule has 1 aliphatic heterocycles. The van der Waals surface area contributed by atoms with Crippen molar-refractivity contribution in [2.45, 2.75) is 50.4 Å². The number of carbonyl (C=O) groups excluding carboxylic acids is 2. The molecule has 7 nitrogen and oxygen atoms in total. The molecule has 1 heterocycles. The summed E-state index contributed by atoms with van der Waals surface area (Å²) in [5.41, 5.74) is 0.161. The summed E-state index contributed by atoms with van der Waals surface area (Å²) in [5.74, 6) is 0.538. The van der Waals surface area contributed by atoms with E-state index in [1.165, 1.54) is 4.90 Å². The molecule has 0 aromatic heterocycles. The van der Waals surface area contributed by atoms with Crippen LogP contribution in [0.4, 0.5) is 4.79 Å². The Balaban J connectivity index is 1.55. The highest BCUT2D eigenvalue weighted by Crippen LogP contribution is 2.39. The molecule has 1 N–H and O–H groups in total. The second kappa shape index (κ2) is 8.27. The standard InChI is InChI=1S/C20H28N2O5/c1-21-19(25)22(18(24)20(21)10-6-3-7-11-20)12-16(23)14-27-13-15-8-4-5-9-17(15)26-2/h4-5,8-9,16,23H,3,6-7,10-14H2,1-2H3. The van der Waals surface area contributed by atoms with Crippen molar-refractivity contribution in [3.05, 3.63) is 29.8 Å². The minimum absolute atomic E-state index is 0.0336. The van der Waals surface area contributed by atoms with Gasteiger partial charge in [-0.1, -0.05) is 37.5 Å². The van der Waals surface area contributed by atoms with Crippen LogP contribution in [-0.4, -0.2) is 65.8 Å². The van der Waals surface area contributed by atoms with Crippen molar-refractivity contribution in [1.82, 2.24) is 9.80 Å². The lowest BCUT2D eigenvalue weighted by Gasteiger charge is -2.35. The van der Waals surface area contributed by atoms with E-state index in [0.717, 1.165) is 30.6 Å². The van der Waals surface area contributed by atoms with Gasteiger partial charge in [0.2, 0.25) is 0 Å². The highest BCUT2D eigenvalue weighted by atomic mass is 16.5. The van der Waals surface area contributed by atoms with E-state index in [4.69, 9.17) is 9.47 Å². The normalized spacial score (nSPS) is 20.4. The van der Waals surface area contributed by atoms with E-state index in [0.29, 0.717) is 12.8 Å². The number of likely N-dealkylation sites (N-methyl/N-ethyl adjacent to an activating group) is 1. The quantitative estimate of drug-likeness (QED) is 0.738. The van der Waals surface area contributed by atoms with Crippen molar-refractivity contribution in [2.75, 3.05) is 27.3 Å². The largest absolute Gasteiger partial charge is 0.496 e. The average Bonchev–Trinajstić information content (AvgIpc) is 2.85. The van der Waals surface area contributed by atoms with E-state index in [1.807, 2.05) is 24.3 Å². The maximum atomic E-state index is 12.9. The van der Waals surface area contributed by atoms with Crippen LogP contribution in [0.25, 0.3) is 0 Å². The first-order valence-corrected chi connectivity index (χ1v) is 9.47. The van der Waals surface area contributed by atoms with E-state index in [-0.39, 0.29) is 31.7 Å². The molecule has 2 aliphatic rings. The van der Waals surface area contributed by atoms with Gasteiger partial charge in [0, 0.05) is 12.6 Å². The molecule has 1 aromatic rings. The molecule has 0 radical (unpaired) electrons. The van der Waals surface area contributed by atoms with Crippen LogP contribution in [0.5, 0.6) is 5.75 Å². The van der Waals surface area contributed by atoms with Crippen molar-refractivity contribution >= 4 is 11.9 Å². The minimum atomic E-state index is -0.931. The molecular formula is C20H28N2O5. The Hall–Kier alpha value is -2.12. The molecule has 1 aliphatic carbocycles. The van der Waals surface area contributed by atoms with E-state index in [9.17, 15) is 14.7 Å². The van der Waals surface area contributed by atoms with Gasteiger partial charge in [0.15, 0.2) is 0 Å². The van der Waals surface area contributed by atoms with E-state index in [2.05, 4.69) is 0 Å². The number of para-hydroxylation sites is 1. The van der Waals surface area contributed by atoms with Crippen molar-refractivity contribution in [3.8, 4) is 5.75 Å². The third-order valence-corrected chi connectivity index (χ3v) is 5.64. The lowest BCUT2D eigenvalue weighted by Crippen LogP contribution is -2.49. The van der Waals surface area contributed by atoms with Crippen LogP contribution in [-0.2, 0) is 16.1 Å². The highest BCUT2D eigenvalue weighted by molar-refractivity contribution is 6.07. The Morgan fingerprint density at radius 3 is 2.59 bits per heavy atom. The molecule has 1 atom stereocenters. The van der Waals surface area contributed by atoms with Crippen molar-refractivity contribution in [2.24, 2.45) is 0 Å². The zero-order valence-electron chi connectivity index (χ0n) is 16.0. The van der Waals surface area contributed by atoms with Crippen LogP contribution >= 0.6 is 0 Å². The number of ether oxygens (including phenoxy) is 2. The van der Waals surface area contributed by atoms with Gasteiger partial charge in [-0.25, -0.2) is 4.79 Å². The second-order valence-corrected chi connectivity index (χ2v) is 7.33. The summed E-state index contributed by atoms with van der Waals surface area (Å²) in [6.45, 7) is 0.272. The van der Waals surface area contributed by atoms with Crippen LogP contribution in [0, 0.1) is 0 Å². The van der Waals surface area contributed by atoms with Crippen LogP contribution in [0.15, 0.2) is 24.3 Å². The van der Waals surface area contributed by atoms with Crippen LogP contribution < -0.4 is 4.74 Å². The van der Waals surface area contributed by atoms with E-state index >= 15 is 0 Å². The molecule has 27 heavy (non-hydrogen) atoms. The number of aliphatic hydroxyl groups is 1. The van der Waals surface area contributed by atoms with Gasteiger partial charge in [-0.2, -0.15) is 0 Å². The lowest BCUT2D eigenvalue weighted by molar-refractivity contribution is -0.135. The number of nitrogens with zero attached hydrogens (tertiary/aromatic N) is 2. The molecule has 1 spiro atoms. The van der Waals surface area contributed by atoms with Gasteiger partial charge in [0.25, 0.3) is 5.91 Å². The highest BCUT2D eigenvalue weighted by Gasteiger charge is 2.55. The van der Waals surface area contributed by atoms with E-state index in [1.54, 1.807) is 19.1 Å². The van der Waals surface area contributed by atoms with Gasteiger partial charge in [0.1, 0.15) is 11.3 Å². The second-order valence-electron chi connectivity index (χ2n) is 7.33. The summed E-state index contributed by atoms with van der Waals surface area (Å²) in [6, 6.07) is 7.17. The maximum absolute atomic E-state index is 12.9. The summed E-state index contributed by atoms with van der Waals surface area (Å²) < 4.78 is 10.8. The van der Waals surface area contributed by atoms with Gasteiger partial charge in [-0.3, -0.25) is 9.69 Å². The summed E-state index contributed by atoms with van der Waals surface area (Å²) in [4.78, 5) is 28.2. The smallest absolute Gasteiger partial charge is 0.327 e. The van der Waals surface area contributed by atoms with Crippen molar-refractivity contribution in [1.29, 1.82) is 0 Å². The van der Waals surface area contributed by atoms with Gasteiger partial charge < -0.3 is 19.5 Å². The topological polar surface area (TPSA) is 79.3 Å². The van der Waals surface area contributed by atoms with Crippen molar-refractivity contribution in [3.63, 3.8) is 0 Å². The fourth-order valence-corrected chi connectivity index (χ4v) is 4.08. The van der Waals surface area contributed by atoms with Gasteiger partial charge in [-0.15, -0.1) is 0 Å². The minimum Gasteiger partial charge on any atom is -0.496 e. The predicted octanol–water partition coefficient (Wildman–Crippen LogP) is 2.17. The number of methoxy groups -OCH3 is 1. The number of carbonyl (C=O) groups is 2. The molecular weight excluding hydrogens is 348 g/mol. The summed E-state index contributed by atoms with van der Waals surface area (Å²) in [7, 11) is 3.28. The first-order valence-electron chi connectivity index (χ1n) is 9.47. The SMILES string of the molecule is COc1ccccc1COCC(O)CN1C(=O)N(C)C2(CCCCC2)C1=O. The van der Waals surface area contributed by atoms with Crippen LogP contribution in [0.1, 0.15) is 37.7 Å². The van der Waals surface area contributed by atoms with Crippen LogP contribution in [0.2, 0.25) is 0 Å². The van der Waals surface area contributed by atoms with Gasteiger partial charge in [0.05, 0.1) is 33.0 Å². The Bertz CT molecular complexity index is 687. The molecule has 7 heteroatoms. The number of hydrogen-bond acceptors (Lipinski definition) is 5. The number of rotatable bonds is 7. The number of amides is 3. The molecule has 1 aromatic carbocycles. The summed E-state index contributed by atoms with van der Waals surface area (Å²) >= 11 is 0. The number of aliphatic hydroxyl groups excluding tert-OH is 1. The summed E-state index contributed by atoms with van der Waals surface area (Å²) in [5, 5.41) is 10.3. The van der Waals surface area contributed by atoms with E-state index < -0.39 is 11.6 Å². The molecule has 3 rings (SSSR count). The first kappa shape index (κ1) is 19.6. The lowest BCUT2D eigenvalue weighted by atomic mass is 9.81. The molecule has 0 bridgehead atoms. The number of urea groups is 1. The number of β-amino-alcohol motifs (C(OH)–C–C–N with tert-alkyl or cyclic N) is 1. The zero-order valence-corrected chi connectivity index (χ0v) is 16.0. The Labute approximate surface area is 159 Å².